The summed E-state index contributed by atoms with van der Waals surface area (Å²) >= 11 is 0. The van der Waals surface area contributed by atoms with Crippen LogP contribution in [0.1, 0.15) is 33.1 Å². The first kappa shape index (κ1) is 12.1. The summed E-state index contributed by atoms with van der Waals surface area (Å²) in [6.45, 7) is 9.93. The molecule has 3 nitrogen and oxygen atoms in total. The van der Waals surface area contributed by atoms with Crippen molar-refractivity contribution in [3.05, 3.63) is 0 Å². The molecule has 2 unspecified atom stereocenters. The maximum absolute atomic E-state index is 11.1. The van der Waals surface area contributed by atoms with Crippen LogP contribution in [0.25, 0.3) is 0 Å². The van der Waals surface area contributed by atoms with E-state index in [1.807, 2.05) is 0 Å². The van der Waals surface area contributed by atoms with E-state index in [2.05, 4.69) is 23.6 Å². The number of hydrogen-bond acceptors (Lipinski definition) is 3. The SMILES string of the molecule is CCC(C)(C=O)CN1CCN2CCCC2C1. The summed E-state index contributed by atoms with van der Waals surface area (Å²) in [6, 6.07) is 0.765. The molecule has 92 valence electrons. The molecule has 2 aliphatic heterocycles. The Bertz CT molecular complexity index is 256. The molecule has 16 heavy (non-hydrogen) atoms. The fraction of sp³-hybridized carbons (Fsp3) is 0.923. The van der Waals surface area contributed by atoms with Gasteiger partial charge in [-0.15, -0.1) is 0 Å². The second kappa shape index (κ2) is 4.84. The van der Waals surface area contributed by atoms with Crippen LogP contribution in [0.5, 0.6) is 0 Å². The Hall–Kier alpha value is -0.410. The Morgan fingerprint density at radius 2 is 2.19 bits per heavy atom. The zero-order valence-corrected chi connectivity index (χ0v) is 10.6. The van der Waals surface area contributed by atoms with Crippen LogP contribution < -0.4 is 0 Å². The lowest BCUT2D eigenvalue weighted by Crippen LogP contribution is -2.52. The van der Waals surface area contributed by atoms with E-state index in [9.17, 15) is 4.79 Å². The van der Waals surface area contributed by atoms with Crippen molar-refractivity contribution in [1.29, 1.82) is 0 Å². The molecule has 2 fully saturated rings. The summed E-state index contributed by atoms with van der Waals surface area (Å²) in [4.78, 5) is 16.2. The van der Waals surface area contributed by atoms with Gasteiger partial charge in [-0.05, 0) is 25.8 Å². The van der Waals surface area contributed by atoms with E-state index in [1.54, 1.807) is 0 Å². The van der Waals surface area contributed by atoms with Gasteiger partial charge in [0.05, 0.1) is 0 Å². The summed E-state index contributed by atoms with van der Waals surface area (Å²) in [5.41, 5.74) is -0.138. The highest BCUT2D eigenvalue weighted by atomic mass is 16.1. The van der Waals surface area contributed by atoms with E-state index in [0.29, 0.717) is 0 Å². The lowest BCUT2D eigenvalue weighted by Gasteiger charge is -2.40. The van der Waals surface area contributed by atoms with Crippen molar-refractivity contribution in [3.8, 4) is 0 Å². The summed E-state index contributed by atoms with van der Waals surface area (Å²) in [5, 5.41) is 0. The summed E-state index contributed by atoms with van der Waals surface area (Å²) in [5.74, 6) is 0. The van der Waals surface area contributed by atoms with Crippen molar-refractivity contribution in [2.24, 2.45) is 5.41 Å². The van der Waals surface area contributed by atoms with E-state index < -0.39 is 0 Å². The lowest BCUT2D eigenvalue weighted by atomic mass is 9.88. The second-order valence-electron chi connectivity index (χ2n) is 5.69. The highest BCUT2D eigenvalue weighted by molar-refractivity contribution is 5.58. The monoisotopic (exact) mass is 224 g/mol. The number of hydrogen-bond donors (Lipinski definition) is 0. The average Bonchev–Trinajstić information content (AvgIpc) is 2.76. The zero-order chi connectivity index (χ0) is 11.6. The molecule has 2 heterocycles. The van der Waals surface area contributed by atoms with Gasteiger partial charge >= 0.3 is 0 Å². The molecule has 0 amide bonds. The van der Waals surface area contributed by atoms with Gasteiger partial charge in [0.1, 0.15) is 6.29 Å². The Labute approximate surface area is 98.8 Å². The Morgan fingerprint density at radius 1 is 1.38 bits per heavy atom. The average molecular weight is 224 g/mol. The van der Waals surface area contributed by atoms with Crippen molar-refractivity contribution in [3.63, 3.8) is 0 Å². The lowest BCUT2D eigenvalue weighted by molar-refractivity contribution is -0.117. The van der Waals surface area contributed by atoms with Crippen molar-refractivity contribution >= 4 is 6.29 Å². The minimum atomic E-state index is -0.138. The maximum Gasteiger partial charge on any atom is 0.127 e. The normalized spacial score (nSPS) is 31.0. The van der Waals surface area contributed by atoms with Gasteiger partial charge < -0.3 is 4.79 Å². The summed E-state index contributed by atoms with van der Waals surface area (Å²) in [6.07, 6.45) is 4.80. The van der Waals surface area contributed by atoms with Gasteiger partial charge in [0.15, 0.2) is 0 Å². The van der Waals surface area contributed by atoms with Gasteiger partial charge in [0, 0.05) is 37.6 Å². The van der Waals surface area contributed by atoms with Crippen molar-refractivity contribution in [2.75, 3.05) is 32.7 Å². The molecule has 0 saturated carbocycles. The minimum Gasteiger partial charge on any atom is -0.303 e. The molecule has 2 saturated heterocycles. The highest BCUT2D eigenvalue weighted by Crippen LogP contribution is 2.25. The van der Waals surface area contributed by atoms with Crippen LogP contribution in [0.3, 0.4) is 0 Å². The molecule has 0 spiro atoms. The van der Waals surface area contributed by atoms with Crippen LogP contribution in [0.4, 0.5) is 0 Å². The Kier molecular flexibility index (Phi) is 3.65. The van der Waals surface area contributed by atoms with E-state index in [1.165, 1.54) is 32.5 Å². The number of fused-ring (bicyclic) bond motifs is 1. The van der Waals surface area contributed by atoms with Crippen molar-refractivity contribution in [1.82, 2.24) is 9.80 Å². The van der Waals surface area contributed by atoms with Gasteiger partial charge in [-0.2, -0.15) is 0 Å². The Balaban J connectivity index is 1.89. The molecule has 0 aromatic heterocycles. The largest absolute Gasteiger partial charge is 0.303 e. The van der Waals surface area contributed by atoms with Crippen LogP contribution in [-0.2, 0) is 4.79 Å². The molecular formula is C13H24N2O. The zero-order valence-electron chi connectivity index (χ0n) is 10.6. The topological polar surface area (TPSA) is 23.6 Å². The van der Waals surface area contributed by atoms with Gasteiger partial charge in [0.2, 0.25) is 0 Å². The predicted octanol–water partition coefficient (Wildman–Crippen LogP) is 1.38. The third-order valence-corrected chi connectivity index (χ3v) is 4.35. The highest BCUT2D eigenvalue weighted by Gasteiger charge is 2.33. The first-order valence-corrected chi connectivity index (χ1v) is 6.59. The molecule has 0 aromatic carbocycles. The van der Waals surface area contributed by atoms with Crippen LogP contribution in [0.2, 0.25) is 0 Å². The van der Waals surface area contributed by atoms with Crippen LogP contribution in [0, 0.1) is 5.41 Å². The molecule has 2 aliphatic rings. The van der Waals surface area contributed by atoms with Crippen LogP contribution in [-0.4, -0.2) is 54.9 Å². The van der Waals surface area contributed by atoms with Crippen LogP contribution >= 0.6 is 0 Å². The smallest absolute Gasteiger partial charge is 0.127 e. The van der Waals surface area contributed by atoms with E-state index in [-0.39, 0.29) is 5.41 Å². The molecule has 0 aliphatic carbocycles. The number of nitrogens with zero attached hydrogens (tertiary/aromatic N) is 2. The fourth-order valence-electron chi connectivity index (χ4n) is 2.94. The Morgan fingerprint density at radius 3 is 2.88 bits per heavy atom. The molecule has 0 N–H and O–H groups in total. The first-order valence-electron chi connectivity index (χ1n) is 6.59. The predicted molar refractivity (Wildman–Crippen MR) is 65.5 cm³/mol. The van der Waals surface area contributed by atoms with Gasteiger partial charge in [-0.3, -0.25) is 9.80 Å². The third kappa shape index (κ3) is 2.46. The second-order valence-corrected chi connectivity index (χ2v) is 5.69. The number of aldehydes is 1. The van der Waals surface area contributed by atoms with E-state index >= 15 is 0 Å². The van der Waals surface area contributed by atoms with Gasteiger partial charge in [-0.1, -0.05) is 13.8 Å². The van der Waals surface area contributed by atoms with E-state index in [4.69, 9.17) is 0 Å². The maximum atomic E-state index is 11.1. The number of carbonyl (C=O) groups is 1. The standard InChI is InChI=1S/C13H24N2O/c1-3-13(2,11-16)10-14-7-8-15-6-4-5-12(15)9-14/h11-12H,3-10H2,1-2H3. The van der Waals surface area contributed by atoms with E-state index in [0.717, 1.165) is 31.8 Å². The molecular weight excluding hydrogens is 200 g/mol. The van der Waals surface area contributed by atoms with Gasteiger partial charge in [0.25, 0.3) is 0 Å². The fourth-order valence-corrected chi connectivity index (χ4v) is 2.94. The molecule has 0 bridgehead atoms. The number of piperazine rings is 1. The molecule has 2 rings (SSSR count). The molecule has 0 aromatic rings. The summed E-state index contributed by atoms with van der Waals surface area (Å²) in [7, 11) is 0. The quantitative estimate of drug-likeness (QED) is 0.674. The minimum absolute atomic E-state index is 0.138. The third-order valence-electron chi connectivity index (χ3n) is 4.35. The summed E-state index contributed by atoms with van der Waals surface area (Å²) < 4.78 is 0. The number of rotatable bonds is 4. The van der Waals surface area contributed by atoms with Crippen molar-refractivity contribution < 1.29 is 4.79 Å². The van der Waals surface area contributed by atoms with Crippen molar-refractivity contribution in [2.45, 2.75) is 39.2 Å². The molecule has 2 atom stereocenters. The number of carbonyl (C=O) groups excluding carboxylic acids is 1. The van der Waals surface area contributed by atoms with Crippen LogP contribution in [0.15, 0.2) is 0 Å². The van der Waals surface area contributed by atoms with Gasteiger partial charge in [-0.25, -0.2) is 0 Å². The molecule has 0 radical (unpaired) electrons. The first-order chi connectivity index (χ1) is 7.67. The molecule has 3 heteroatoms.